The molecule has 2 heterocycles. The summed E-state index contributed by atoms with van der Waals surface area (Å²) in [4.78, 5) is 17.2. The number of imidazole rings is 1. The minimum absolute atomic E-state index is 0.110. The van der Waals surface area contributed by atoms with Gasteiger partial charge >= 0.3 is 0 Å². The highest BCUT2D eigenvalue weighted by atomic mass is 16.3. The molecule has 0 aliphatic heterocycles. The Hall–Kier alpha value is -3.34. The predicted octanol–water partition coefficient (Wildman–Crippen LogP) is 4.24. The summed E-state index contributed by atoms with van der Waals surface area (Å²) < 4.78 is 7.36. The standard InChI is InChI=1S/C20H17N3O2/c1-14-6-4-7-15(12-14)21-19(24)13-23-17-9-3-2-8-16(17)22-20(23)18-10-5-11-25-18/h2-12H,13H2,1H3,(H,21,24). The van der Waals surface area contributed by atoms with Crippen LogP contribution in [0, 0.1) is 6.92 Å². The van der Waals surface area contributed by atoms with E-state index >= 15 is 0 Å². The fourth-order valence-corrected chi connectivity index (χ4v) is 2.90. The predicted molar refractivity (Wildman–Crippen MR) is 97.2 cm³/mol. The number of aromatic nitrogens is 2. The maximum Gasteiger partial charge on any atom is 0.244 e. The molecule has 0 aliphatic carbocycles. The summed E-state index contributed by atoms with van der Waals surface area (Å²) in [5.41, 5.74) is 3.61. The number of hydrogen-bond acceptors (Lipinski definition) is 3. The first-order valence-corrected chi connectivity index (χ1v) is 8.06. The molecule has 1 N–H and O–H groups in total. The molecule has 0 atom stereocenters. The molecule has 4 aromatic rings. The summed E-state index contributed by atoms with van der Waals surface area (Å²) in [6, 6.07) is 19.1. The molecule has 0 aliphatic rings. The van der Waals surface area contributed by atoms with Crippen LogP contribution in [-0.4, -0.2) is 15.5 Å². The Kier molecular flexibility index (Phi) is 3.82. The van der Waals surface area contributed by atoms with Crippen molar-refractivity contribution in [3.05, 3.63) is 72.5 Å². The first-order valence-electron chi connectivity index (χ1n) is 8.06. The second kappa shape index (κ2) is 6.28. The van der Waals surface area contributed by atoms with Crippen LogP contribution >= 0.6 is 0 Å². The molecule has 0 unspecified atom stereocenters. The quantitative estimate of drug-likeness (QED) is 0.608. The van der Waals surface area contributed by atoms with E-state index in [0.717, 1.165) is 22.3 Å². The molecule has 4 rings (SSSR count). The van der Waals surface area contributed by atoms with Gasteiger partial charge in [0.2, 0.25) is 5.91 Å². The summed E-state index contributed by atoms with van der Waals surface area (Å²) >= 11 is 0. The SMILES string of the molecule is Cc1cccc(NC(=O)Cn2c(-c3ccco3)nc3ccccc32)c1. The summed E-state index contributed by atoms with van der Waals surface area (Å²) in [7, 11) is 0. The number of hydrogen-bond donors (Lipinski definition) is 1. The molecule has 0 spiro atoms. The van der Waals surface area contributed by atoms with E-state index in [9.17, 15) is 4.79 Å². The Morgan fingerprint density at radius 1 is 1.12 bits per heavy atom. The number of furan rings is 1. The molecular formula is C20H17N3O2. The fourth-order valence-electron chi connectivity index (χ4n) is 2.90. The number of aryl methyl sites for hydroxylation is 1. The van der Waals surface area contributed by atoms with E-state index in [2.05, 4.69) is 10.3 Å². The highest BCUT2D eigenvalue weighted by Gasteiger charge is 2.16. The number of amides is 1. The van der Waals surface area contributed by atoms with Gasteiger partial charge in [0.1, 0.15) is 6.54 Å². The van der Waals surface area contributed by atoms with Gasteiger partial charge in [0, 0.05) is 5.69 Å². The van der Waals surface area contributed by atoms with Crippen molar-refractivity contribution in [3.8, 4) is 11.6 Å². The number of para-hydroxylation sites is 2. The van der Waals surface area contributed by atoms with Gasteiger partial charge in [-0.2, -0.15) is 0 Å². The van der Waals surface area contributed by atoms with Crippen molar-refractivity contribution in [2.45, 2.75) is 13.5 Å². The smallest absolute Gasteiger partial charge is 0.244 e. The van der Waals surface area contributed by atoms with Crippen molar-refractivity contribution in [2.75, 3.05) is 5.32 Å². The van der Waals surface area contributed by atoms with Crippen molar-refractivity contribution in [1.82, 2.24) is 9.55 Å². The Morgan fingerprint density at radius 3 is 2.80 bits per heavy atom. The second-order valence-electron chi connectivity index (χ2n) is 5.91. The van der Waals surface area contributed by atoms with E-state index < -0.39 is 0 Å². The lowest BCUT2D eigenvalue weighted by molar-refractivity contribution is -0.116. The van der Waals surface area contributed by atoms with Gasteiger partial charge in [-0.05, 0) is 48.9 Å². The average molecular weight is 331 g/mol. The molecule has 0 radical (unpaired) electrons. The highest BCUT2D eigenvalue weighted by molar-refractivity contribution is 5.92. The van der Waals surface area contributed by atoms with Crippen LogP contribution in [-0.2, 0) is 11.3 Å². The molecule has 25 heavy (non-hydrogen) atoms. The van der Waals surface area contributed by atoms with E-state index in [-0.39, 0.29) is 12.5 Å². The summed E-state index contributed by atoms with van der Waals surface area (Å²) in [6.07, 6.45) is 1.60. The van der Waals surface area contributed by atoms with Crippen molar-refractivity contribution in [3.63, 3.8) is 0 Å². The molecule has 0 bridgehead atoms. The van der Waals surface area contributed by atoms with Gasteiger partial charge in [-0.3, -0.25) is 4.79 Å². The van der Waals surface area contributed by atoms with Crippen LogP contribution in [0.3, 0.4) is 0 Å². The van der Waals surface area contributed by atoms with Crippen LogP contribution in [0.4, 0.5) is 5.69 Å². The molecule has 0 saturated carbocycles. The molecule has 0 fully saturated rings. The van der Waals surface area contributed by atoms with E-state index in [0.29, 0.717) is 11.6 Å². The lowest BCUT2D eigenvalue weighted by Crippen LogP contribution is -2.19. The number of rotatable bonds is 4. The number of carbonyl (C=O) groups is 1. The largest absolute Gasteiger partial charge is 0.461 e. The van der Waals surface area contributed by atoms with Gasteiger partial charge in [0.05, 0.1) is 17.3 Å². The van der Waals surface area contributed by atoms with Crippen LogP contribution in [0.1, 0.15) is 5.56 Å². The molecule has 0 saturated heterocycles. The molecule has 2 aromatic heterocycles. The average Bonchev–Trinajstić information content (AvgIpc) is 3.23. The molecule has 124 valence electrons. The lowest BCUT2D eigenvalue weighted by atomic mass is 10.2. The third-order valence-electron chi connectivity index (χ3n) is 4.00. The monoisotopic (exact) mass is 331 g/mol. The topological polar surface area (TPSA) is 60.1 Å². The second-order valence-corrected chi connectivity index (χ2v) is 5.91. The number of fused-ring (bicyclic) bond motifs is 1. The number of benzene rings is 2. The van der Waals surface area contributed by atoms with Gasteiger partial charge in [-0.1, -0.05) is 24.3 Å². The molecular weight excluding hydrogens is 314 g/mol. The molecule has 2 aromatic carbocycles. The summed E-state index contributed by atoms with van der Waals surface area (Å²) in [5, 5.41) is 2.94. The van der Waals surface area contributed by atoms with Gasteiger partial charge < -0.3 is 14.3 Å². The van der Waals surface area contributed by atoms with Crippen molar-refractivity contribution in [1.29, 1.82) is 0 Å². The zero-order chi connectivity index (χ0) is 17.2. The number of anilines is 1. The van der Waals surface area contributed by atoms with Crippen LogP contribution in [0.5, 0.6) is 0 Å². The number of nitrogens with zero attached hydrogens (tertiary/aromatic N) is 2. The van der Waals surface area contributed by atoms with Gasteiger partial charge in [-0.15, -0.1) is 0 Å². The number of carbonyl (C=O) groups excluding carboxylic acids is 1. The maximum absolute atomic E-state index is 12.6. The van der Waals surface area contributed by atoms with E-state index in [1.165, 1.54) is 0 Å². The minimum Gasteiger partial charge on any atom is -0.461 e. The Labute approximate surface area is 144 Å². The molecule has 5 nitrogen and oxygen atoms in total. The van der Waals surface area contributed by atoms with Crippen LogP contribution in [0.2, 0.25) is 0 Å². The Morgan fingerprint density at radius 2 is 2.00 bits per heavy atom. The lowest BCUT2D eigenvalue weighted by Gasteiger charge is -2.09. The maximum atomic E-state index is 12.6. The van der Waals surface area contributed by atoms with Crippen molar-refractivity contribution in [2.24, 2.45) is 0 Å². The summed E-state index contributed by atoms with van der Waals surface area (Å²) in [6.45, 7) is 2.15. The molecule has 5 heteroatoms. The third kappa shape index (κ3) is 3.04. The Balaban J connectivity index is 1.68. The molecule has 1 amide bonds. The normalized spacial score (nSPS) is 10.9. The van der Waals surface area contributed by atoms with Gasteiger partial charge in [0.25, 0.3) is 0 Å². The van der Waals surface area contributed by atoms with E-state index in [1.54, 1.807) is 6.26 Å². The number of nitrogens with one attached hydrogen (secondary N) is 1. The first kappa shape index (κ1) is 15.2. The van der Waals surface area contributed by atoms with Crippen LogP contribution in [0.15, 0.2) is 71.3 Å². The van der Waals surface area contributed by atoms with Crippen molar-refractivity contribution >= 4 is 22.6 Å². The zero-order valence-electron chi connectivity index (χ0n) is 13.8. The first-order chi connectivity index (χ1) is 12.2. The van der Waals surface area contributed by atoms with Gasteiger partial charge in [0.15, 0.2) is 11.6 Å². The summed E-state index contributed by atoms with van der Waals surface area (Å²) in [5.74, 6) is 1.17. The zero-order valence-corrected chi connectivity index (χ0v) is 13.8. The van der Waals surface area contributed by atoms with Gasteiger partial charge in [-0.25, -0.2) is 4.98 Å². The van der Waals surface area contributed by atoms with Crippen LogP contribution in [0.25, 0.3) is 22.6 Å². The highest BCUT2D eigenvalue weighted by Crippen LogP contribution is 2.25. The van der Waals surface area contributed by atoms with E-state index in [1.807, 2.05) is 72.2 Å². The van der Waals surface area contributed by atoms with Crippen molar-refractivity contribution < 1.29 is 9.21 Å². The Bertz CT molecular complexity index is 1030. The van der Waals surface area contributed by atoms with Crippen LogP contribution < -0.4 is 5.32 Å². The third-order valence-corrected chi connectivity index (χ3v) is 4.00. The minimum atomic E-state index is -0.110. The fraction of sp³-hybridized carbons (Fsp3) is 0.100. The van der Waals surface area contributed by atoms with E-state index in [4.69, 9.17) is 4.42 Å².